The SMILES string of the molecule is CCc1ccccc1-n1nc(-c2c(OC)cccc2OC)c2c1NCC2. The van der Waals surface area contributed by atoms with E-state index in [1.54, 1.807) is 14.2 Å². The number of benzene rings is 2. The van der Waals surface area contributed by atoms with E-state index < -0.39 is 0 Å². The van der Waals surface area contributed by atoms with Gasteiger partial charge in [-0.2, -0.15) is 5.10 Å². The number of nitrogens with zero attached hydrogens (tertiary/aromatic N) is 2. The van der Waals surface area contributed by atoms with Crippen molar-refractivity contribution in [2.45, 2.75) is 19.8 Å². The number of methoxy groups -OCH3 is 2. The third-order valence-electron chi connectivity index (χ3n) is 4.92. The molecule has 2 aromatic carbocycles. The number of ether oxygens (including phenoxy) is 2. The van der Waals surface area contributed by atoms with Gasteiger partial charge in [-0.1, -0.05) is 31.2 Å². The average molecular weight is 349 g/mol. The van der Waals surface area contributed by atoms with Crippen LogP contribution in [0.4, 0.5) is 5.82 Å². The van der Waals surface area contributed by atoms with Gasteiger partial charge < -0.3 is 14.8 Å². The van der Waals surface area contributed by atoms with Gasteiger partial charge in [0.05, 0.1) is 25.5 Å². The largest absolute Gasteiger partial charge is 0.496 e. The first-order chi connectivity index (χ1) is 12.8. The lowest BCUT2D eigenvalue weighted by Gasteiger charge is -2.12. The second-order valence-electron chi connectivity index (χ2n) is 6.28. The van der Waals surface area contributed by atoms with E-state index in [1.165, 1.54) is 11.1 Å². The van der Waals surface area contributed by atoms with Crippen molar-refractivity contribution in [1.82, 2.24) is 9.78 Å². The summed E-state index contributed by atoms with van der Waals surface area (Å²) in [6.45, 7) is 3.08. The van der Waals surface area contributed by atoms with Crippen LogP contribution in [0, 0.1) is 0 Å². The van der Waals surface area contributed by atoms with Crippen molar-refractivity contribution >= 4 is 5.82 Å². The van der Waals surface area contributed by atoms with Crippen LogP contribution in [0.5, 0.6) is 11.5 Å². The molecule has 0 fully saturated rings. The molecule has 0 aliphatic carbocycles. The number of aryl methyl sites for hydroxylation is 1. The molecule has 1 aliphatic rings. The maximum absolute atomic E-state index is 5.61. The number of rotatable bonds is 5. The molecule has 0 saturated heterocycles. The molecule has 0 spiro atoms. The topological polar surface area (TPSA) is 48.3 Å². The van der Waals surface area contributed by atoms with Gasteiger partial charge in [-0.15, -0.1) is 0 Å². The molecule has 26 heavy (non-hydrogen) atoms. The van der Waals surface area contributed by atoms with Gasteiger partial charge in [0.15, 0.2) is 0 Å². The molecule has 2 heterocycles. The van der Waals surface area contributed by atoms with Crippen molar-refractivity contribution in [3.05, 3.63) is 53.6 Å². The molecule has 1 aromatic heterocycles. The smallest absolute Gasteiger partial charge is 0.133 e. The number of fused-ring (bicyclic) bond motifs is 1. The highest BCUT2D eigenvalue weighted by molar-refractivity contribution is 5.81. The Morgan fingerprint density at radius 1 is 1.04 bits per heavy atom. The van der Waals surface area contributed by atoms with E-state index in [0.717, 1.165) is 53.6 Å². The van der Waals surface area contributed by atoms with Gasteiger partial charge >= 0.3 is 0 Å². The summed E-state index contributed by atoms with van der Waals surface area (Å²) in [4.78, 5) is 0. The van der Waals surface area contributed by atoms with E-state index >= 15 is 0 Å². The van der Waals surface area contributed by atoms with Crippen molar-refractivity contribution in [2.24, 2.45) is 0 Å². The second kappa shape index (κ2) is 6.75. The van der Waals surface area contributed by atoms with E-state index in [1.807, 2.05) is 22.9 Å². The van der Waals surface area contributed by atoms with Crippen LogP contribution in [-0.4, -0.2) is 30.5 Å². The van der Waals surface area contributed by atoms with Gasteiger partial charge in [-0.3, -0.25) is 0 Å². The summed E-state index contributed by atoms with van der Waals surface area (Å²) in [5.41, 5.74) is 5.42. The Morgan fingerprint density at radius 3 is 2.46 bits per heavy atom. The maximum atomic E-state index is 5.61. The molecule has 0 amide bonds. The van der Waals surface area contributed by atoms with Crippen molar-refractivity contribution < 1.29 is 9.47 Å². The van der Waals surface area contributed by atoms with Crippen LogP contribution >= 0.6 is 0 Å². The van der Waals surface area contributed by atoms with Gasteiger partial charge in [-0.25, -0.2) is 4.68 Å². The molecular weight excluding hydrogens is 326 g/mol. The Hall–Kier alpha value is -2.95. The lowest BCUT2D eigenvalue weighted by Crippen LogP contribution is -2.06. The van der Waals surface area contributed by atoms with E-state index in [-0.39, 0.29) is 0 Å². The molecule has 0 atom stereocenters. The fraction of sp³-hybridized carbons (Fsp3) is 0.286. The van der Waals surface area contributed by atoms with Crippen LogP contribution in [0.2, 0.25) is 0 Å². The van der Waals surface area contributed by atoms with Gasteiger partial charge in [-0.05, 0) is 36.6 Å². The Balaban J connectivity index is 1.97. The first-order valence-electron chi connectivity index (χ1n) is 8.93. The number of aromatic nitrogens is 2. The molecule has 134 valence electrons. The lowest BCUT2D eigenvalue weighted by atomic mass is 10.0. The molecule has 5 heteroatoms. The van der Waals surface area contributed by atoms with Crippen LogP contribution in [0.3, 0.4) is 0 Å². The summed E-state index contributed by atoms with van der Waals surface area (Å²) in [5, 5.41) is 8.49. The predicted molar refractivity (Wildman–Crippen MR) is 104 cm³/mol. The zero-order valence-corrected chi connectivity index (χ0v) is 15.4. The quantitative estimate of drug-likeness (QED) is 0.754. The number of para-hydroxylation sites is 1. The lowest BCUT2D eigenvalue weighted by molar-refractivity contribution is 0.397. The van der Waals surface area contributed by atoms with Crippen LogP contribution in [0.25, 0.3) is 16.9 Å². The van der Waals surface area contributed by atoms with Crippen molar-refractivity contribution in [2.75, 3.05) is 26.1 Å². The fourth-order valence-corrected chi connectivity index (χ4v) is 3.65. The zero-order chi connectivity index (χ0) is 18.1. The summed E-state index contributed by atoms with van der Waals surface area (Å²) in [5.74, 6) is 2.61. The van der Waals surface area contributed by atoms with E-state index in [0.29, 0.717) is 0 Å². The summed E-state index contributed by atoms with van der Waals surface area (Å²) < 4.78 is 13.3. The first-order valence-corrected chi connectivity index (χ1v) is 8.93. The molecule has 5 nitrogen and oxygen atoms in total. The Bertz CT molecular complexity index is 924. The standard InChI is InChI=1S/C21H23N3O2/c1-4-14-8-5-6-9-16(14)24-21-15(12-13-22-21)20(23-24)19-17(25-2)10-7-11-18(19)26-3/h5-11,22H,4,12-13H2,1-3H3. The first kappa shape index (κ1) is 16.5. The predicted octanol–water partition coefficient (Wildman–Crippen LogP) is 4.09. The monoisotopic (exact) mass is 349 g/mol. The van der Waals surface area contributed by atoms with Gasteiger partial charge in [0.25, 0.3) is 0 Å². The zero-order valence-electron chi connectivity index (χ0n) is 15.4. The van der Waals surface area contributed by atoms with E-state index in [2.05, 4.69) is 36.5 Å². The minimum Gasteiger partial charge on any atom is -0.496 e. The van der Waals surface area contributed by atoms with Gasteiger partial charge in [0.1, 0.15) is 23.0 Å². The van der Waals surface area contributed by atoms with Crippen LogP contribution in [0.15, 0.2) is 42.5 Å². The highest BCUT2D eigenvalue weighted by atomic mass is 16.5. The Labute approximate surface area is 153 Å². The van der Waals surface area contributed by atoms with Crippen molar-refractivity contribution in [3.63, 3.8) is 0 Å². The highest BCUT2D eigenvalue weighted by Gasteiger charge is 2.28. The number of hydrogen-bond donors (Lipinski definition) is 1. The maximum Gasteiger partial charge on any atom is 0.133 e. The Kier molecular flexibility index (Phi) is 4.29. The molecule has 0 unspecified atom stereocenters. The fourth-order valence-electron chi connectivity index (χ4n) is 3.65. The summed E-state index contributed by atoms with van der Waals surface area (Å²) in [7, 11) is 3.36. The molecular formula is C21H23N3O2. The van der Waals surface area contributed by atoms with Crippen LogP contribution < -0.4 is 14.8 Å². The van der Waals surface area contributed by atoms with Crippen LogP contribution in [0.1, 0.15) is 18.1 Å². The molecule has 1 aliphatic heterocycles. The molecule has 0 radical (unpaired) electrons. The molecule has 4 rings (SSSR count). The third kappa shape index (κ3) is 2.51. The van der Waals surface area contributed by atoms with Crippen LogP contribution in [-0.2, 0) is 12.8 Å². The third-order valence-corrected chi connectivity index (χ3v) is 4.92. The van der Waals surface area contributed by atoms with Gasteiger partial charge in [0.2, 0.25) is 0 Å². The highest BCUT2D eigenvalue weighted by Crippen LogP contribution is 2.43. The van der Waals surface area contributed by atoms with Crippen molar-refractivity contribution in [3.8, 4) is 28.4 Å². The van der Waals surface area contributed by atoms with Gasteiger partial charge in [0, 0.05) is 12.1 Å². The second-order valence-corrected chi connectivity index (χ2v) is 6.28. The van der Waals surface area contributed by atoms with E-state index in [9.17, 15) is 0 Å². The number of hydrogen-bond acceptors (Lipinski definition) is 4. The molecule has 0 bridgehead atoms. The summed E-state index contributed by atoms with van der Waals surface area (Å²) in [6, 6.07) is 14.2. The summed E-state index contributed by atoms with van der Waals surface area (Å²) in [6.07, 6.45) is 1.89. The minimum absolute atomic E-state index is 0.771. The molecule has 0 saturated carbocycles. The minimum atomic E-state index is 0.771. The molecule has 1 N–H and O–H groups in total. The van der Waals surface area contributed by atoms with E-state index in [4.69, 9.17) is 14.6 Å². The molecule has 3 aromatic rings. The summed E-state index contributed by atoms with van der Waals surface area (Å²) >= 11 is 0. The van der Waals surface area contributed by atoms with Crippen molar-refractivity contribution in [1.29, 1.82) is 0 Å². The normalized spacial score (nSPS) is 12.6. The average Bonchev–Trinajstić information content (AvgIpc) is 3.30. The number of anilines is 1. The Morgan fingerprint density at radius 2 is 1.77 bits per heavy atom. The number of nitrogens with one attached hydrogen (secondary N) is 1.